The first-order chi connectivity index (χ1) is 6.42. The van der Waals surface area contributed by atoms with Gasteiger partial charge in [-0.3, -0.25) is 0 Å². The van der Waals surface area contributed by atoms with Crippen LogP contribution in [0.15, 0.2) is 4.52 Å². The second-order valence-corrected chi connectivity index (χ2v) is 5.77. The Labute approximate surface area is 93.4 Å². The van der Waals surface area contributed by atoms with E-state index in [-0.39, 0.29) is 10.2 Å². The summed E-state index contributed by atoms with van der Waals surface area (Å²) in [5.74, 6) is 1.48. The van der Waals surface area contributed by atoms with Crippen molar-refractivity contribution in [2.24, 2.45) is 5.41 Å². The first-order valence-electron chi connectivity index (χ1n) is 4.89. The summed E-state index contributed by atoms with van der Waals surface area (Å²) >= 11 is 3.48. The number of hydrogen-bond acceptors (Lipinski definition) is 3. The molecule has 4 heteroatoms. The van der Waals surface area contributed by atoms with Gasteiger partial charge < -0.3 is 4.52 Å². The molecule has 0 aromatic carbocycles. The van der Waals surface area contributed by atoms with Gasteiger partial charge in [0.25, 0.3) is 0 Å². The molecular weight excluding hydrogens is 244 g/mol. The molecule has 0 aliphatic rings. The fourth-order valence-electron chi connectivity index (χ4n) is 1.12. The molecule has 0 N–H and O–H groups in total. The molecule has 80 valence electrons. The van der Waals surface area contributed by atoms with E-state index >= 15 is 0 Å². The van der Waals surface area contributed by atoms with Gasteiger partial charge in [-0.2, -0.15) is 4.98 Å². The number of rotatable bonds is 3. The summed E-state index contributed by atoms with van der Waals surface area (Å²) in [6, 6.07) is 0. The van der Waals surface area contributed by atoms with Crippen LogP contribution < -0.4 is 0 Å². The van der Waals surface area contributed by atoms with Gasteiger partial charge in [-0.25, -0.2) is 0 Å². The van der Waals surface area contributed by atoms with Crippen molar-refractivity contribution >= 4 is 15.9 Å². The quantitative estimate of drug-likeness (QED) is 0.781. The minimum atomic E-state index is 0.184. The summed E-state index contributed by atoms with van der Waals surface area (Å²) in [6.45, 7) is 8.56. The molecule has 0 saturated heterocycles. The summed E-state index contributed by atoms with van der Waals surface area (Å²) in [4.78, 5) is 4.53. The highest BCUT2D eigenvalue weighted by Gasteiger charge is 2.18. The molecule has 1 heterocycles. The third-order valence-corrected chi connectivity index (χ3v) is 2.84. The average Bonchev–Trinajstić information content (AvgIpc) is 2.48. The molecule has 0 saturated carbocycles. The molecule has 14 heavy (non-hydrogen) atoms. The standard InChI is InChI=1S/C10H17BrN2O/c1-5-7(11)9-12-8(13-14-9)6-10(2,3)4/h7H,5-6H2,1-4H3. The van der Waals surface area contributed by atoms with Gasteiger partial charge in [0.05, 0.1) is 4.83 Å². The SMILES string of the molecule is CCC(Br)c1nc(CC(C)(C)C)no1. The summed E-state index contributed by atoms with van der Waals surface area (Å²) < 4.78 is 5.16. The second kappa shape index (κ2) is 4.43. The highest BCUT2D eigenvalue weighted by Crippen LogP contribution is 2.25. The Morgan fingerprint density at radius 2 is 2.07 bits per heavy atom. The van der Waals surface area contributed by atoms with Crippen LogP contribution in [-0.4, -0.2) is 10.1 Å². The van der Waals surface area contributed by atoms with Crippen LogP contribution in [0.4, 0.5) is 0 Å². The topological polar surface area (TPSA) is 38.9 Å². The van der Waals surface area contributed by atoms with Gasteiger partial charge in [0.2, 0.25) is 5.89 Å². The van der Waals surface area contributed by atoms with Crippen molar-refractivity contribution in [2.45, 2.75) is 45.4 Å². The van der Waals surface area contributed by atoms with Crippen molar-refractivity contribution in [3.05, 3.63) is 11.7 Å². The lowest BCUT2D eigenvalue weighted by Crippen LogP contribution is -2.10. The summed E-state index contributed by atoms with van der Waals surface area (Å²) in [7, 11) is 0. The Hall–Kier alpha value is -0.380. The normalized spacial score (nSPS) is 14.4. The second-order valence-electron chi connectivity index (χ2n) is 4.66. The molecular formula is C10H17BrN2O. The van der Waals surface area contributed by atoms with E-state index in [0.717, 1.165) is 18.7 Å². The lowest BCUT2D eigenvalue weighted by molar-refractivity contribution is 0.353. The minimum Gasteiger partial charge on any atom is -0.338 e. The zero-order valence-electron chi connectivity index (χ0n) is 9.17. The van der Waals surface area contributed by atoms with Crippen molar-refractivity contribution in [1.82, 2.24) is 10.1 Å². The van der Waals surface area contributed by atoms with Gasteiger partial charge in [0.1, 0.15) is 0 Å². The maximum atomic E-state index is 5.16. The molecule has 0 fully saturated rings. The van der Waals surface area contributed by atoms with E-state index in [9.17, 15) is 0 Å². The Balaban J connectivity index is 2.69. The van der Waals surface area contributed by atoms with Gasteiger partial charge in [-0.15, -0.1) is 0 Å². The number of nitrogens with zero attached hydrogens (tertiary/aromatic N) is 2. The summed E-state index contributed by atoms with van der Waals surface area (Å²) in [5, 5.41) is 3.95. The fourth-order valence-corrected chi connectivity index (χ4v) is 1.30. The molecule has 0 radical (unpaired) electrons. The molecule has 0 aliphatic carbocycles. The van der Waals surface area contributed by atoms with Gasteiger partial charge in [0, 0.05) is 6.42 Å². The Morgan fingerprint density at radius 1 is 1.43 bits per heavy atom. The molecule has 3 nitrogen and oxygen atoms in total. The number of aromatic nitrogens is 2. The molecule has 1 rings (SSSR count). The first-order valence-corrected chi connectivity index (χ1v) is 5.80. The van der Waals surface area contributed by atoms with E-state index in [1.165, 1.54) is 0 Å². The highest BCUT2D eigenvalue weighted by atomic mass is 79.9. The van der Waals surface area contributed by atoms with Gasteiger partial charge in [-0.1, -0.05) is 48.8 Å². The Bertz CT molecular complexity index is 291. The molecule has 0 spiro atoms. The molecule has 0 bridgehead atoms. The summed E-state index contributed by atoms with van der Waals surface area (Å²) in [5.41, 5.74) is 0.204. The minimum absolute atomic E-state index is 0.184. The van der Waals surface area contributed by atoms with Crippen LogP contribution in [0.3, 0.4) is 0 Å². The molecule has 1 aromatic heterocycles. The van der Waals surface area contributed by atoms with E-state index in [4.69, 9.17) is 4.52 Å². The van der Waals surface area contributed by atoms with Crippen LogP contribution in [0, 0.1) is 5.41 Å². The predicted octanol–water partition coefficient (Wildman–Crippen LogP) is 3.50. The zero-order valence-corrected chi connectivity index (χ0v) is 10.8. The van der Waals surface area contributed by atoms with Crippen molar-refractivity contribution in [2.75, 3.05) is 0 Å². The van der Waals surface area contributed by atoms with Crippen molar-refractivity contribution in [3.8, 4) is 0 Å². The fraction of sp³-hybridized carbons (Fsp3) is 0.800. The Morgan fingerprint density at radius 3 is 2.57 bits per heavy atom. The highest BCUT2D eigenvalue weighted by molar-refractivity contribution is 9.09. The smallest absolute Gasteiger partial charge is 0.240 e. The molecule has 1 unspecified atom stereocenters. The van der Waals surface area contributed by atoms with Crippen LogP contribution in [0.25, 0.3) is 0 Å². The van der Waals surface area contributed by atoms with E-state index in [0.29, 0.717) is 5.89 Å². The lowest BCUT2D eigenvalue weighted by Gasteiger charge is -2.14. The molecule has 0 aliphatic heterocycles. The van der Waals surface area contributed by atoms with Crippen molar-refractivity contribution in [3.63, 3.8) is 0 Å². The molecule has 1 aromatic rings. The van der Waals surface area contributed by atoms with E-state index in [1.54, 1.807) is 0 Å². The lowest BCUT2D eigenvalue weighted by atomic mass is 9.92. The van der Waals surface area contributed by atoms with Crippen LogP contribution in [-0.2, 0) is 6.42 Å². The number of alkyl halides is 1. The third-order valence-electron chi connectivity index (χ3n) is 1.80. The summed E-state index contributed by atoms with van der Waals surface area (Å²) in [6.07, 6.45) is 1.80. The Kier molecular flexibility index (Phi) is 3.70. The third kappa shape index (κ3) is 3.40. The van der Waals surface area contributed by atoms with Crippen LogP contribution >= 0.6 is 15.9 Å². The van der Waals surface area contributed by atoms with Crippen molar-refractivity contribution < 1.29 is 4.52 Å². The van der Waals surface area contributed by atoms with E-state index in [1.807, 2.05) is 0 Å². The van der Waals surface area contributed by atoms with E-state index in [2.05, 4.69) is 53.8 Å². The maximum absolute atomic E-state index is 5.16. The zero-order chi connectivity index (χ0) is 10.8. The maximum Gasteiger partial charge on any atom is 0.240 e. The van der Waals surface area contributed by atoms with Crippen LogP contribution in [0.2, 0.25) is 0 Å². The largest absolute Gasteiger partial charge is 0.338 e. The number of halogens is 1. The first kappa shape index (κ1) is 11.7. The van der Waals surface area contributed by atoms with Gasteiger partial charge in [-0.05, 0) is 11.8 Å². The monoisotopic (exact) mass is 260 g/mol. The average molecular weight is 261 g/mol. The van der Waals surface area contributed by atoms with Crippen LogP contribution in [0.1, 0.15) is 50.7 Å². The van der Waals surface area contributed by atoms with Crippen LogP contribution in [0.5, 0.6) is 0 Å². The van der Waals surface area contributed by atoms with Crippen molar-refractivity contribution in [1.29, 1.82) is 0 Å². The predicted molar refractivity (Wildman–Crippen MR) is 59.4 cm³/mol. The van der Waals surface area contributed by atoms with Gasteiger partial charge in [0.15, 0.2) is 5.82 Å². The molecule has 1 atom stereocenters. The molecule has 0 amide bonds. The van der Waals surface area contributed by atoms with E-state index < -0.39 is 0 Å². The number of hydrogen-bond donors (Lipinski definition) is 0. The van der Waals surface area contributed by atoms with Gasteiger partial charge >= 0.3 is 0 Å².